The van der Waals surface area contributed by atoms with Gasteiger partial charge in [-0.05, 0) is 42.0 Å². The molecule has 1 aromatic rings. The molecule has 0 amide bonds. The van der Waals surface area contributed by atoms with Gasteiger partial charge < -0.3 is 5.32 Å². The Hall–Kier alpha value is -0.530. The van der Waals surface area contributed by atoms with Gasteiger partial charge in [-0.3, -0.25) is 0 Å². The molecule has 1 fully saturated rings. The first kappa shape index (κ1) is 11.0. The first-order valence-corrected chi connectivity index (χ1v) is 6.06. The van der Waals surface area contributed by atoms with Crippen LogP contribution in [-0.4, -0.2) is 6.04 Å². The monoisotopic (exact) mass is 223 g/mol. The average Bonchev–Trinajstić information content (AvgIpc) is 2.99. The largest absolute Gasteiger partial charge is 0.310 e. The lowest BCUT2D eigenvalue weighted by molar-refractivity contribution is 0.676. The lowest BCUT2D eigenvalue weighted by Crippen LogP contribution is -2.16. The highest BCUT2D eigenvalue weighted by Crippen LogP contribution is 2.25. The van der Waals surface area contributed by atoms with Crippen LogP contribution < -0.4 is 5.32 Å². The third-order valence-corrected chi connectivity index (χ3v) is 3.12. The fourth-order valence-electron chi connectivity index (χ4n) is 1.81. The Labute approximate surface area is 96.8 Å². The van der Waals surface area contributed by atoms with Gasteiger partial charge in [0, 0.05) is 17.6 Å². The second-order valence-electron chi connectivity index (χ2n) is 4.65. The molecule has 2 heteroatoms. The van der Waals surface area contributed by atoms with Gasteiger partial charge in [-0.25, -0.2) is 0 Å². The summed E-state index contributed by atoms with van der Waals surface area (Å²) in [6.07, 6.45) is 2.68. The SMILES string of the molecule is CC(C)c1cc(Cl)ccc1CNC1CC1. The van der Waals surface area contributed by atoms with Gasteiger partial charge in [0.15, 0.2) is 0 Å². The van der Waals surface area contributed by atoms with E-state index in [0.29, 0.717) is 5.92 Å². The second-order valence-corrected chi connectivity index (χ2v) is 5.09. The molecule has 0 aromatic heterocycles. The van der Waals surface area contributed by atoms with E-state index < -0.39 is 0 Å². The van der Waals surface area contributed by atoms with Gasteiger partial charge in [0.25, 0.3) is 0 Å². The molecule has 0 atom stereocenters. The maximum Gasteiger partial charge on any atom is 0.0409 e. The van der Waals surface area contributed by atoms with Gasteiger partial charge in [-0.15, -0.1) is 0 Å². The second kappa shape index (κ2) is 4.54. The predicted octanol–water partition coefficient (Wildman–Crippen LogP) is 3.72. The van der Waals surface area contributed by atoms with Crippen molar-refractivity contribution < 1.29 is 0 Å². The molecule has 0 unspecified atom stereocenters. The molecule has 1 aliphatic rings. The zero-order valence-electron chi connectivity index (χ0n) is 9.39. The molecule has 15 heavy (non-hydrogen) atoms. The summed E-state index contributed by atoms with van der Waals surface area (Å²) in [6, 6.07) is 6.99. The minimum atomic E-state index is 0.541. The number of hydrogen-bond acceptors (Lipinski definition) is 1. The van der Waals surface area contributed by atoms with Crippen LogP contribution in [0.25, 0.3) is 0 Å². The molecule has 0 radical (unpaired) electrons. The average molecular weight is 224 g/mol. The highest BCUT2D eigenvalue weighted by atomic mass is 35.5. The van der Waals surface area contributed by atoms with Gasteiger partial charge in [-0.1, -0.05) is 31.5 Å². The molecule has 2 rings (SSSR count). The van der Waals surface area contributed by atoms with Crippen molar-refractivity contribution >= 4 is 11.6 Å². The minimum Gasteiger partial charge on any atom is -0.310 e. The summed E-state index contributed by atoms with van der Waals surface area (Å²) in [5.41, 5.74) is 2.76. The van der Waals surface area contributed by atoms with Crippen molar-refractivity contribution in [1.29, 1.82) is 0 Å². The van der Waals surface area contributed by atoms with E-state index >= 15 is 0 Å². The molecule has 82 valence electrons. The Morgan fingerprint density at radius 2 is 2.13 bits per heavy atom. The summed E-state index contributed by atoms with van der Waals surface area (Å²) in [5.74, 6) is 0.541. The Morgan fingerprint density at radius 3 is 2.73 bits per heavy atom. The highest BCUT2D eigenvalue weighted by molar-refractivity contribution is 6.30. The molecule has 1 N–H and O–H groups in total. The summed E-state index contributed by atoms with van der Waals surface area (Å²) in [7, 11) is 0. The Balaban J connectivity index is 2.12. The molecular formula is C13H18ClN. The standard InChI is InChI=1S/C13H18ClN/c1-9(2)13-7-11(14)4-3-10(13)8-15-12-5-6-12/h3-4,7,9,12,15H,5-6,8H2,1-2H3. The fourth-order valence-corrected chi connectivity index (χ4v) is 1.99. The molecule has 0 spiro atoms. The first-order chi connectivity index (χ1) is 7.16. The summed E-state index contributed by atoms with van der Waals surface area (Å²) < 4.78 is 0. The number of rotatable bonds is 4. The van der Waals surface area contributed by atoms with Crippen LogP contribution in [0, 0.1) is 0 Å². The van der Waals surface area contributed by atoms with Crippen LogP contribution >= 0.6 is 11.6 Å². The van der Waals surface area contributed by atoms with E-state index in [-0.39, 0.29) is 0 Å². The molecule has 0 bridgehead atoms. The van der Waals surface area contributed by atoms with Crippen molar-refractivity contribution in [3.05, 3.63) is 34.3 Å². The molecule has 1 aliphatic carbocycles. The van der Waals surface area contributed by atoms with Crippen molar-refractivity contribution in [2.75, 3.05) is 0 Å². The van der Waals surface area contributed by atoms with E-state index in [9.17, 15) is 0 Å². The third-order valence-electron chi connectivity index (χ3n) is 2.89. The Bertz CT molecular complexity index is 342. The normalized spacial score (nSPS) is 16.0. The lowest BCUT2D eigenvalue weighted by Gasteiger charge is -2.13. The summed E-state index contributed by atoms with van der Waals surface area (Å²) in [6.45, 7) is 5.41. The zero-order valence-corrected chi connectivity index (χ0v) is 10.1. The Kier molecular flexibility index (Phi) is 3.32. The van der Waals surface area contributed by atoms with Crippen LogP contribution in [0.1, 0.15) is 43.7 Å². The first-order valence-electron chi connectivity index (χ1n) is 5.68. The summed E-state index contributed by atoms with van der Waals surface area (Å²) >= 11 is 6.02. The predicted molar refractivity (Wildman–Crippen MR) is 65.4 cm³/mol. The van der Waals surface area contributed by atoms with Crippen molar-refractivity contribution in [2.45, 2.75) is 45.2 Å². The summed E-state index contributed by atoms with van der Waals surface area (Å²) in [5, 5.41) is 4.39. The van der Waals surface area contributed by atoms with Gasteiger partial charge in [0.1, 0.15) is 0 Å². The van der Waals surface area contributed by atoms with Crippen LogP contribution in [0.2, 0.25) is 5.02 Å². The number of nitrogens with one attached hydrogen (secondary N) is 1. The van der Waals surface area contributed by atoms with Crippen LogP contribution in [0.3, 0.4) is 0 Å². The van der Waals surface area contributed by atoms with Gasteiger partial charge >= 0.3 is 0 Å². The van der Waals surface area contributed by atoms with Crippen molar-refractivity contribution in [2.24, 2.45) is 0 Å². The number of benzene rings is 1. The van der Waals surface area contributed by atoms with E-state index in [1.807, 2.05) is 6.07 Å². The Morgan fingerprint density at radius 1 is 1.40 bits per heavy atom. The molecule has 0 saturated heterocycles. The maximum atomic E-state index is 6.02. The number of halogens is 1. The topological polar surface area (TPSA) is 12.0 Å². The van der Waals surface area contributed by atoms with E-state index in [0.717, 1.165) is 17.6 Å². The smallest absolute Gasteiger partial charge is 0.0409 e. The molecule has 0 aliphatic heterocycles. The van der Waals surface area contributed by atoms with Gasteiger partial charge in [-0.2, -0.15) is 0 Å². The van der Waals surface area contributed by atoms with Crippen LogP contribution in [0.5, 0.6) is 0 Å². The molecule has 1 aromatic carbocycles. The van der Waals surface area contributed by atoms with E-state index in [2.05, 4.69) is 31.3 Å². The quantitative estimate of drug-likeness (QED) is 0.821. The van der Waals surface area contributed by atoms with Gasteiger partial charge in [0.2, 0.25) is 0 Å². The van der Waals surface area contributed by atoms with Crippen molar-refractivity contribution in [1.82, 2.24) is 5.32 Å². The van der Waals surface area contributed by atoms with Crippen LogP contribution in [0.4, 0.5) is 0 Å². The molecule has 1 saturated carbocycles. The van der Waals surface area contributed by atoms with E-state index in [1.165, 1.54) is 24.0 Å². The fraction of sp³-hybridized carbons (Fsp3) is 0.538. The highest BCUT2D eigenvalue weighted by Gasteiger charge is 2.20. The number of hydrogen-bond donors (Lipinski definition) is 1. The molecular weight excluding hydrogens is 206 g/mol. The van der Waals surface area contributed by atoms with Crippen molar-refractivity contribution in [3.63, 3.8) is 0 Å². The van der Waals surface area contributed by atoms with E-state index in [4.69, 9.17) is 11.6 Å². The third kappa shape index (κ3) is 2.96. The van der Waals surface area contributed by atoms with Crippen LogP contribution in [-0.2, 0) is 6.54 Å². The molecule has 1 nitrogen and oxygen atoms in total. The van der Waals surface area contributed by atoms with E-state index in [1.54, 1.807) is 0 Å². The zero-order chi connectivity index (χ0) is 10.8. The molecule has 0 heterocycles. The summed E-state index contributed by atoms with van der Waals surface area (Å²) in [4.78, 5) is 0. The van der Waals surface area contributed by atoms with Crippen molar-refractivity contribution in [3.8, 4) is 0 Å². The van der Waals surface area contributed by atoms with Crippen LogP contribution in [0.15, 0.2) is 18.2 Å². The maximum absolute atomic E-state index is 6.02. The lowest BCUT2D eigenvalue weighted by atomic mass is 9.97. The van der Waals surface area contributed by atoms with Gasteiger partial charge in [0.05, 0.1) is 0 Å². The minimum absolute atomic E-state index is 0.541.